The number of carbonyl (C=O) groups excluding carboxylic acids is 4. The van der Waals surface area contributed by atoms with Gasteiger partial charge in [-0.3, -0.25) is 19.2 Å². The maximum absolute atomic E-state index is 11.3. The Morgan fingerprint density at radius 2 is 1.39 bits per heavy atom. The monoisotopic (exact) mass is 572 g/mol. The van der Waals surface area contributed by atoms with Gasteiger partial charge in [0.2, 0.25) is 0 Å². The van der Waals surface area contributed by atoms with Crippen molar-refractivity contribution in [1.29, 1.82) is 0 Å². The van der Waals surface area contributed by atoms with Crippen LogP contribution in [-0.2, 0) is 38.1 Å². The average molecular weight is 573 g/mol. The van der Waals surface area contributed by atoms with E-state index < -0.39 is 11.5 Å². The van der Waals surface area contributed by atoms with Crippen LogP contribution in [0, 0.1) is 16.7 Å². The zero-order chi connectivity index (χ0) is 28.6. The molecule has 2 rings (SSSR count). The summed E-state index contributed by atoms with van der Waals surface area (Å²) in [6.07, 6.45) is 4.95. The van der Waals surface area contributed by atoms with Gasteiger partial charge in [0.05, 0.1) is 27.8 Å². The summed E-state index contributed by atoms with van der Waals surface area (Å²) >= 11 is 0. The minimum atomic E-state index is -0.750. The molecule has 10 heteroatoms. The van der Waals surface area contributed by atoms with Crippen LogP contribution in [-0.4, -0.2) is 63.8 Å². The van der Waals surface area contributed by atoms with Crippen molar-refractivity contribution in [2.45, 2.75) is 106 Å². The summed E-state index contributed by atoms with van der Waals surface area (Å²) in [5.74, 6) is -1.37. The van der Waals surface area contributed by atoms with Gasteiger partial charge in [0.15, 0.2) is 0 Å². The summed E-state index contributed by atoms with van der Waals surface area (Å²) in [6, 6.07) is 0. The molecule has 38 heavy (non-hydrogen) atoms. The van der Waals surface area contributed by atoms with Gasteiger partial charge in [-0.15, -0.1) is 5.60 Å². The number of ketones is 1. The minimum absolute atomic E-state index is 0. The van der Waals surface area contributed by atoms with E-state index in [0.29, 0.717) is 32.1 Å². The number of Topliss-reactive ketones (excluding diaryl/α,β-unsaturated/α-hetero) is 1. The molecule has 0 spiro atoms. The fourth-order valence-electron chi connectivity index (χ4n) is 3.29. The predicted octanol–water partition coefficient (Wildman–Crippen LogP) is 1.28. The maximum Gasteiger partial charge on any atom is 1.00 e. The number of rotatable bonds is 6. The first-order valence-corrected chi connectivity index (χ1v) is 12.4. The molecular weight excluding hydrogens is 519 g/mol. The first kappa shape index (κ1) is 44.6. The summed E-state index contributed by atoms with van der Waals surface area (Å²) in [4.78, 5) is 44.2. The van der Waals surface area contributed by atoms with E-state index in [4.69, 9.17) is 4.74 Å². The van der Waals surface area contributed by atoms with Gasteiger partial charge in [-0.2, -0.15) is 0 Å². The molecule has 1 aliphatic carbocycles. The van der Waals surface area contributed by atoms with Gasteiger partial charge in [0, 0.05) is 26.1 Å². The Kier molecular flexibility index (Phi) is 26.2. The first-order chi connectivity index (χ1) is 16.4. The molecule has 220 valence electrons. The molecule has 0 amide bonds. The molecule has 0 radical (unpaired) electrons. The third kappa shape index (κ3) is 27.2. The van der Waals surface area contributed by atoms with Crippen molar-refractivity contribution in [3.8, 4) is 0 Å². The molecule has 0 aromatic carbocycles. The molecular formula is C28H53KO9. The standard InChI is InChI=1S/C10H18O4.C9H14O3.C4H8O.C4H9O.CH4.K/c1-10(2,7-9(12)14-4)6-5-8(11)13-3;1-9(2)4-6(7(10)5-9)8(11)12-3;1-2-4-5-3-1;1-4(2,3)5;;/h5-7H2,1-4H3;6H,4-5H2,1-3H3;1-4H2;1-3H3;1H4;/q;;;-1;;+1. The van der Waals surface area contributed by atoms with E-state index in [2.05, 4.69) is 14.2 Å². The third-order valence-corrected chi connectivity index (χ3v) is 5.20. The Bertz CT molecular complexity index is 665. The number of esters is 3. The molecule has 0 aromatic rings. The number of hydrogen-bond donors (Lipinski definition) is 0. The Balaban J connectivity index is -0.000000217. The third-order valence-electron chi connectivity index (χ3n) is 5.20. The molecule has 2 aliphatic rings. The predicted molar refractivity (Wildman–Crippen MR) is 142 cm³/mol. The van der Waals surface area contributed by atoms with Gasteiger partial charge in [0.1, 0.15) is 11.7 Å². The fraction of sp³-hybridized carbons (Fsp3) is 0.857. The minimum Gasteiger partial charge on any atom is -0.850 e. The Morgan fingerprint density at radius 1 is 0.947 bits per heavy atom. The fourth-order valence-corrected chi connectivity index (χ4v) is 3.29. The SMILES string of the molecule is C.C1CCOC1.CC(C)(C)[O-].COC(=O)C1CC(C)(C)CC1=O.COC(=O)CCC(C)(C)CC(=O)OC.[K+]. The number of hydrogen-bond acceptors (Lipinski definition) is 9. The quantitative estimate of drug-likeness (QED) is 0.200. The van der Waals surface area contributed by atoms with Gasteiger partial charge >= 0.3 is 69.3 Å². The molecule has 1 atom stereocenters. The molecule has 1 aliphatic heterocycles. The molecule has 1 saturated carbocycles. The second-order valence-corrected chi connectivity index (χ2v) is 11.5. The average Bonchev–Trinajstić information content (AvgIpc) is 3.41. The normalized spacial score (nSPS) is 17.3. The molecule has 1 saturated heterocycles. The van der Waals surface area contributed by atoms with Crippen molar-refractivity contribution in [3.63, 3.8) is 0 Å². The van der Waals surface area contributed by atoms with Crippen LogP contribution in [0.2, 0.25) is 0 Å². The van der Waals surface area contributed by atoms with Crippen molar-refractivity contribution in [2.24, 2.45) is 16.7 Å². The van der Waals surface area contributed by atoms with E-state index in [1.165, 1.54) is 34.2 Å². The molecule has 0 N–H and O–H groups in total. The Morgan fingerprint density at radius 3 is 1.68 bits per heavy atom. The van der Waals surface area contributed by atoms with Crippen LogP contribution < -0.4 is 56.5 Å². The number of ether oxygens (including phenoxy) is 4. The van der Waals surface area contributed by atoms with Crippen LogP contribution in [0.15, 0.2) is 0 Å². The summed E-state index contributed by atoms with van der Waals surface area (Å²) < 4.78 is 18.6. The molecule has 2 fully saturated rings. The largest absolute Gasteiger partial charge is 1.00 e. The van der Waals surface area contributed by atoms with E-state index in [-0.39, 0.29) is 93.3 Å². The maximum atomic E-state index is 11.3. The van der Waals surface area contributed by atoms with Crippen molar-refractivity contribution in [1.82, 2.24) is 0 Å². The van der Waals surface area contributed by atoms with E-state index in [9.17, 15) is 24.3 Å². The van der Waals surface area contributed by atoms with Crippen LogP contribution in [0.5, 0.6) is 0 Å². The topological polar surface area (TPSA) is 128 Å². The molecule has 1 heterocycles. The van der Waals surface area contributed by atoms with Crippen molar-refractivity contribution in [2.75, 3.05) is 34.5 Å². The van der Waals surface area contributed by atoms with Crippen molar-refractivity contribution in [3.05, 3.63) is 0 Å². The van der Waals surface area contributed by atoms with E-state index in [1.807, 2.05) is 27.7 Å². The molecule has 0 bridgehead atoms. The van der Waals surface area contributed by atoms with Crippen LogP contribution in [0.25, 0.3) is 0 Å². The second kappa shape index (κ2) is 22.3. The van der Waals surface area contributed by atoms with E-state index >= 15 is 0 Å². The van der Waals surface area contributed by atoms with E-state index in [1.54, 1.807) is 20.8 Å². The number of methoxy groups -OCH3 is 3. The van der Waals surface area contributed by atoms with Crippen LogP contribution >= 0.6 is 0 Å². The van der Waals surface area contributed by atoms with E-state index in [0.717, 1.165) is 13.2 Å². The summed E-state index contributed by atoms with van der Waals surface area (Å²) in [5.41, 5.74) is -1.00. The zero-order valence-electron chi connectivity index (χ0n) is 25.1. The Hall–Kier alpha value is -0.364. The summed E-state index contributed by atoms with van der Waals surface area (Å²) in [7, 11) is 4.04. The van der Waals surface area contributed by atoms with Gasteiger partial charge < -0.3 is 24.1 Å². The van der Waals surface area contributed by atoms with Crippen LogP contribution in [0.1, 0.15) is 101 Å². The van der Waals surface area contributed by atoms with Gasteiger partial charge in [0.25, 0.3) is 0 Å². The van der Waals surface area contributed by atoms with Gasteiger partial charge in [-0.05, 0) is 36.5 Å². The van der Waals surface area contributed by atoms with Crippen LogP contribution in [0.4, 0.5) is 0 Å². The Labute approximate surface area is 273 Å². The summed E-state index contributed by atoms with van der Waals surface area (Å²) in [5, 5.41) is 10.1. The molecule has 1 unspecified atom stereocenters. The van der Waals surface area contributed by atoms with Crippen molar-refractivity contribution >= 4 is 23.7 Å². The zero-order valence-corrected chi connectivity index (χ0v) is 28.2. The number of carbonyl (C=O) groups is 4. The molecule has 0 aromatic heterocycles. The van der Waals surface area contributed by atoms with Crippen molar-refractivity contribution < 1.29 is 94.6 Å². The summed E-state index contributed by atoms with van der Waals surface area (Å²) in [6.45, 7) is 14.7. The molecule has 9 nitrogen and oxygen atoms in total. The van der Waals surface area contributed by atoms with Gasteiger partial charge in [-0.1, -0.05) is 55.9 Å². The smallest absolute Gasteiger partial charge is 0.850 e. The van der Waals surface area contributed by atoms with Crippen LogP contribution in [0.3, 0.4) is 0 Å². The second-order valence-electron chi connectivity index (χ2n) is 11.5. The first-order valence-electron chi connectivity index (χ1n) is 12.4. The van der Waals surface area contributed by atoms with Gasteiger partial charge in [-0.25, -0.2) is 0 Å².